The molecule has 26 heavy (non-hydrogen) atoms. The first-order valence-corrected chi connectivity index (χ1v) is 8.45. The summed E-state index contributed by atoms with van der Waals surface area (Å²) in [5, 5.41) is 9.01. The van der Waals surface area contributed by atoms with E-state index in [0.717, 1.165) is 40.7 Å². The molecule has 0 aliphatic carbocycles. The fraction of sp³-hybridized carbons (Fsp3) is 0.316. The van der Waals surface area contributed by atoms with Gasteiger partial charge in [-0.25, -0.2) is 9.67 Å². The van der Waals surface area contributed by atoms with Gasteiger partial charge in [-0.15, -0.1) is 0 Å². The smallest absolute Gasteiger partial charge is 0.162 e. The van der Waals surface area contributed by atoms with E-state index in [1.807, 2.05) is 36.7 Å². The molecule has 136 valence electrons. The number of aryl methyl sites for hydroxylation is 1. The Balaban J connectivity index is 1.90. The highest BCUT2D eigenvalue weighted by Crippen LogP contribution is 2.21. The summed E-state index contributed by atoms with van der Waals surface area (Å²) in [6.45, 7) is 4.17. The van der Waals surface area contributed by atoms with Crippen LogP contribution in [0.2, 0.25) is 0 Å². The Morgan fingerprint density at radius 1 is 1.27 bits per heavy atom. The highest BCUT2D eigenvalue weighted by molar-refractivity contribution is 5.97. The minimum Gasteiger partial charge on any atom is -0.382 e. The van der Waals surface area contributed by atoms with Gasteiger partial charge < -0.3 is 16.3 Å². The van der Waals surface area contributed by atoms with Crippen LogP contribution in [0, 0.1) is 0 Å². The minimum absolute atomic E-state index is 0.149. The Hall–Kier alpha value is -2.93. The molecule has 0 fully saturated rings. The van der Waals surface area contributed by atoms with E-state index in [4.69, 9.17) is 16.3 Å². The van der Waals surface area contributed by atoms with Gasteiger partial charge in [0.15, 0.2) is 5.65 Å². The molecule has 2 heterocycles. The number of hydrogen-bond acceptors (Lipinski definition) is 5. The molecule has 0 atom stereocenters. The molecule has 3 aromatic rings. The van der Waals surface area contributed by atoms with Gasteiger partial charge in [0, 0.05) is 24.3 Å². The number of methoxy groups -OCH3 is 1. The molecule has 0 radical (unpaired) electrons. The van der Waals surface area contributed by atoms with E-state index in [1.54, 1.807) is 11.8 Å². The van der Waals surface area contributed by atoms with Gasteiger partial charge in [0.1, 0.15) is 5.84 Å². The Kier molecular flexibility index (Phi) is 4.90. The minimum atomic E-state index is -0.149. The van der Waals surface area contributed by atoms with E-state index >= 15 is 0 Å². The summed E-state index contributed by atoms with van der Waals surface area (Å²) in [5.41, 5.74) is 9.20. The summed E-state index contributed by atoms with van der Waals surface area (Å²) in [6.07, 6.45) is 5.53. The van der Waals surface area contributed by atoms with Crippen LogP contribution in [0.15, 0.2) is 47.8 Å². The average molecular weight is 352 g/mol. The summed E-state index contributed by atoms with van der Waals surface area (Å²) in [4.78, 5) is 4.61. The van der Waals surface area contributed by atoms with Crippen molar-refractivity contribution in [3.63, 3.8) is 0 Å². The van der Waals surface area contributed by atoms with Crippen LogP contribution in [0.3, 0.4) is 0 Å². The number of nitrogens with zero attached hydrogens (tertiary/aromatic N) is 4. The zero-order chi connectivity index (χ0) is 18.7. The summed E-state index contributed by atoms with van der Waals surface area (Å²) < 4.78 is 7.27. The molecule has 7 nitrogen and oxygen atoms in total. The largest absolute Gasteiger partial charge is 0.382 e. The van der Waals surface area contributed by atoms with E-state index in [9.17, 15) is 0 Å². The van der Waals surface area contributed by atoms with Gasteiger partial charge in [-0.05, 0) is 50.5 Å². The Morgan fingerprint density at radius 3 is 2.81 bits per heavy atom. The van der Waals surface area contributed by atoms with Crippen molar-refractivity contribution >= 4 is 16.9 Å². The van der Waals surface area contributed by atoms with Crippen molar-refractivity contribution in [2.24, 2.45) is 16.7 Å². The third-order valence-electron chi connectivity index (χ3n) is 4.56. The standard InChI is InChI=1S/C19H24N6O/c1-19(2,26-3)8-7-13-9-15-12-23-25(18(15)22-11-13)16-6-4-5-14(10-16)17(20)24-21/h4-6,9-12H,7-8,21H2,1-3H3,(H2,20,24). The SMILES string of the molecule is COC(C)(C)CCc1cnc2c(cnn2-c2cccc(/C(N)=N/N)c2)c1. The zero-order valence-electron chi connectivity index (χ0n) is 15.3. The molecule has 0 aliphatic heterocycles. The first-order valence-electron chi connectivity index (χ1n) is 8.45. The highest BCUT2D eigenvalue weighted by Gasteiger charge is 2.16. The second-order valence-electron chi connectivity index (χ2n) is 6.84. The van der Waals surface area contributed by atoms with Gasteiger partial charge in [-0.2, -0.15) is 10.2 Å². The Bertz CT molecular complexity index is 944. The van der Waals surface area contributed by atoms with E-state index in [2.05, 4.69) is 35.1 Å². The van der Waals surface area contributed by atoms with Gasteiger partial charge in [-0.1, -0.05) is 12.1 Å². The quantitative estimate of drug-likeness (QED) is 0.307. The van der Waals surface area contributed by atoms with Crippen LogP contribution in [-0.2, 0) is 11.2 Å². The molecule has 3 rings (SSSR count). The van der Waals surface area contributed by atoms with E-state index in [1.165, 1.54) is 0 Å². The third-order valence-corrected chi connectivity index (χ3v) is 4.56. The number of hydrazone groups is 1. The molecule has 0 unspecified atom stereocenters. The van der Waals surface area contributed by atoms with Crippen LogP contribution in [0.25, 0.3) is 16.7 Å². The van der Waals surface area contributed by atoms with Crippen molar-refractivity contribution in [2.45, 2.75) is 32.3 Å². The lowest BCUT2D eigenvalue weighted by atomic mass is 9.99. The van der Waals surface area contributed by atoms with Crippen LogP contribution in [0.4, 0.5) is 0 Å². The second-order valence-corrected chi connectivity index (χ2v) is 6.84. The first kappa shape index (κ1) is 17.9. The maximum atomic E-state index is 5.80. The number of nitrogens with two attached hydrogens (primary N) is 2. The average Bonchev–Trinajstić information content (AvgIpc) is 3.09. The number of rotatable bonds is 6. The molecule has 0 aliphatic rings. The lowest BCUT2D eigenvalue weighted by Gasteiger charge is -2.22. The van der Waals surface area contributed by atoms with Gasteiger partial charge in [0.25, 0.3) is 0 Å². The number of ether oxygens (including phenoxy) is 1. The number of fused-ring (bicyclic) bond motifs is 1. The number of amidine groups is 1. The molecule has 0 saturated heterocycles. The van der Waals surface area contributed by atoms with Crippen LogP contribution in [-0.4, -0.2) is 33.3 Å². The van der Waals surface area contributed by atoms with Crippen LogP contribution in [0.1, 0.15) is 31.4 Å². The number of hydrogen-bond donors (Lipinski definition) is 2. The predicted octanol–water partition coefficient (Wildman–Crippen LogP) is 2.36. The van der Waals surface area contributed by atoms with E-state index in [0.29, 0.717) is 0 Å². The Labute approximate surface area is 152 Å². The fourth-order valence-electron chi connectivity index (χ4n) is 2.71. The maximum Gasteiger partial charge on any atom is 0.162 e. The van der Waals surface area contributed by atoms with Crippen molar-refractivity contribution in [1.82, 2.24) is 14.8 Å². The lowest BCUT2D eigenvalue weighted by molar-refractivity contribution is 0.0158. The van der Waals surface area contributed by atoms with Crippen molar-refractivity contribution in [3.05, 3.63) is 53.9 Å². The van der Waals surface area contributed by atoms with Gasteiger partial charge >= 0.3 is 0 Å². The number of pyridine rings is 1. The lowest BCUT2D eigenvalue weighted by Crippen LogP contribution is -2.23. The maximum absolute atomic E-state index is 5.80. The predicted molar refractivity (Wildman–Crippen MR) is 103 cm³/mol. The van der Waals surface area contributed by atoms with Crippen molar-refractivity contribution in [1.29, 1.82) is 0 Å². The summed E-state index contributed by atoms with van der Waals surface area (Å²) in [6, 6.07) is 9.68. The molecule has 0 bridgehead atoms. The molecule has 4 N–H and O–H groups in total. The molecule has 0 saturated carbocycles. The molecule has 0 amide bonds. The van der Waals surface area contributed by atoms with Crippen molar-refractivity contribution in [3.8, 4) is 5.69 Å². The molecular weight excluding hydrogens is 328 g/mol. The van der Waals surface area contributed by atoms with Gasteiger partial charge in [0.05, 0.1) is 17.5 Å². The van der Waals surface area contributed by atoms with Crippen molar-refractivity contribution in [2.75, 3.05) is 7.11 Å². The zero-order valence-corrected chi connectivity index (χ0v) is 15.3. The summed E-state index contributed by atoms with van der Waals surface area (Å²) in [5.74, 6) is 5.55. The van der Waals surface area contributed by atoms with Gasteiger partial charge in [-0.3, -0.25) is 0 Å². The second kappa shape index (κ2) is 7.13. The summed E-state index contributed by atoms with van der Waals surface area (Å²) >= 11 is 0. The monoisotopic (exact) mass is 352 g/mol. The Morgan fingerprint density at radius 2 is 2.08 bits per heavy atom. The molecular formula is C19H24N6O. The summed E-state index contributed by atoms with van der Waals surface area (Å²) in [7, 11) is 1.74. The van der Waals surface area contributed by atoms with Crippen LogP contribution in [0.5, 0.6) is 0 Å². The number of aromatic nitrogens is 3. The highest BCUT2D eigenvalue weighted by atomic mass is 16.5. The molecule has 0 spiro atoms. The van der Waals surface area contributed by atoms with Crippen LogP contribution >= 0.6 is 0 Å². The van der Waals surface area contributed by atoms with Crippen LogP contribution < -0.4 is 11.6 Å². The normalized spacial score (nSPS) is 12.7. The topological polar surface area (TPSA) is 104 Å². The van der Waals surface area contributed by atoms with E-state index in [-0.39, 0.29) is 11.4 Å². The first-order chi connectivity index (χ1) is 12.4. The van der Waals surface area contributed by atoms with Gasteiger partial charge in [0.2, 0.25) is 0 Å². The molecule has 2 aromatic heterocycles. The fourth-order valence-corrected chi connectivity index (χ4v) is 2.71. The number of benzene rings is 1. The molecule has 7 heteroatoms. The third kappa shape index (κ3) is 3.67. The molecule has 1 aromatic carbocycles. The van der Waals surface area contributed by atoms with Crippen molar-refractivity contribution < 1.29 is 4.74 Å². The van der Waals surface area contributed by atoms with E-state index < -0.39 is 0 Å².